The van der Waals surface area contributed by atoms with Crippen LogP contribution in [-0.2, 0) is 0 Å². The van der Waals surface area contributed by atoms with Crippen LogP contribution < -0.4 is 4.90 Å². The smallest absolute Gasteiger partial charge is 0.136 e. The minimum absolute atomic E-state index is 0.890. The summed E-state index contributed by atoms with van der Waals surface area (Å²) in [5.41, 5.74) is 21.4. The van der Waals surface area contributed by atoms with Crippen molar-refractivity contribution in [2.75, 3.05) is 4.90 Å². The van der Waals surface area contributed by atoms with Gasteiger partial charge >= 0.3 is 0 Å². The third kappa shape index (κ3) is 7.74. The quantitative estimate of drug-likeness (QED) is 0.136. The maximum atomic E-state index is 6.31. The first-order chi connectivity index (χ1) is 33.7. The number of para-hydroxylation sites is 2. The van der Waals surface area contributed by atoms with Crippen LogP contribution in [0.15, 0.2) is 277 Å². The van der Waals surface area contributed by atoms with Gasteiger partial charge < -0.3 is 9.32 Å². The van der Waals surface area contributed by atoms with E-state index in [1.54, 1.807) is 0 Å². The van der Waals surface area contributed by atoms with Gasteiger partial charge in [-0.15, -0.1) is 0 Å². The Bertz CT molecular complexity index is 3650. The highest BCUT2D eigenvalue weighted by Gasteiger charge is 2.21. The van der Waals surface area contributed by atoms with E-state index in [9.17, 15) is 0 Å². The molecule has 11 aromatic carbocycles. The van der Waals surface area contributed by atoms with E-state index in [1.165, 1.54) is 50.1 Å². The molecular formula is C66H45NO. The summed E-state index contributed by atoms with van der Waals surface area (Å²) in [4.78, 5) is 2.40. The second kappa shape index (κ2) is 17.8. The van der Waals surface area contributed by atoms with E-state index < -0.39 is 0 Å². The van der Waals surface area contributed by atoms with E-state index in [0.29, 0.717) is 0 Å². The molecule has 0 bridgehead atoms. The van der Waals surface area contributed by atoms with Gasteiger partial charge in [-0.1, -0.05) is 206 Å². The molecule has 1 heterocycles. The summed E-state index contributed by atoms with van der Waals surface area (Å²) in [6.07, 6.45) is 0. The van der Waals surface area contributed by atoms with Crippen molar-refractivity contribution in [3.8, 4) is 77.9 Å². The Morgan fingerprint density at radius 2 is 0.603 bits per heavy atom. The first kappa shape index (κ1) is 40.5. The van der Waals surface area contributed by atoms with Gasteiger partial charge in [-0.25, -0.2) is 0 Å². The van der Waals surface area contributed by atoms with Crippen molar-refractivity contribution in [1.82, 2.24) is 0 Å². The second-order valence-corrected chi connectivity index (χ2v) is 17.2. The molecule has 0 aliphatic carbocycles. The average molecular weight is 868 g/mol. The SMILES string of the molecule is c1ccc(-c2cc(-c3ccccc3)cc(-c3ccc(N(c4ccc(-c5ccc6c(c5)oc5ccccc56)cc4)c4ccccc4-c4ccccc4-c4ccccc4-c4ccccc4)cc3)c2)cc1. The summed E-state index contributed by atoms with van der Waals surface area (Å²) >= 11 is 0. The molecular weight excluding hydrogens is 823 g/mol. The van der Waals surface area contributed by atoms with Crippen LogP contribution in [0.2, 0.25) is 0 Å². The zero-order chi connectivity index (χ0) is 45.2. The summed E-state index contributed by atoms with van der Waals surface area (Å²) in [5.74, 6) is 0. The third-order valence-corrected chi connectivity index (χ3v) is 13.1. The lowest BCUT2D eigenvalue weighted by Gasteiger charge is -2.29. The summed E-state index contributed by atoms with van der Waals surface area (Å²) < 4.78 is 6.31. The summed E-state index contributed by atoms with van der Waals surface area (Å²) in [7, 11) is 0. The monoisotopic (exact) mass is 867 g/mol. The molecule has 0 aliphatic heterocycles. The molecule has 0 fully saturated rings. The molecule has 0 unspecified atom stereocenters. The van der Waals surface area contributed by atoms with Crippen LogP contribution in [0, 0.1) is 0 Å². The fraction of sp³-hybridized carbons (Fsp3) is 0. The van der Waals surface area contributed by atoms with Crippen molar-refractivity contribution in [2.45, 2.75) is 0 Å². The molecule has 0 radical (unpaired) electrons. The van der Waals surface area contributed by atoms with Crippen LogP contribution >= 0.6 is 0 Å². The Hall–Kier alpha value is -8.98. The molecule has 68 heavy (non-hydrogen) atoms. The van der Waals surface area contributed by atoms with Gasteiger partial charge in [0, 0.05) is 27.7 Å². The highest BCUT2D eigenvalue weighted by atomic mass is 16.3. The molecule has 0 N–H and O–H groups in total. The summed E-state index contributed by atoms with van der Waals surface area (Å²) in [5, 5.41) is 2.26. The van der Waals surface area contributed by atoms with Gasteiger partial charge in [0.05, 0.1) is 5.69 Å². The largest absolute Gasteiger partial charge is 0.456 e. The summed E-state index contributed by atoms with van der Waals surface area (Å²) in [6.45, 7) is 0. The van der Waals surface area contributed by atoms with Gasteiger partial charge in [0.25, 0.3) is 0 Å². The van der Waals surface area contributed by atoms with Crippen molar-refractivity contribution in [2.24, 2.45) is 0 Å². The minimum Gasteiger partial charge on any atom is -0.456 e. The van der Waals surface area contributed by atoms with Crippen LogP contribution in [0.5, 0.6) is 0 Å². The first-order valence-electron chi connectivity index (χ1n) is 23.2. The molecule has 1 aromatic heterocycles. The van der Waals surface area contributed by atoms with Gasteiger partial charge in [-0.3, -0.25) is 0 Å². The highest BCUT2D eigenvalue weighted by Crippen LogP contribution is 2.46. The van der Waals surface area contributed by atoms with Crippen molar-refractivity contribution < 1.29 is 4.42 Å². The number of furan rings is 1. The maximum absolute atomic E-state index is 6.31. The third-order valence-electron chi connectivity index (χ3n) is 13.1. The number of fused-ring (bicyclic) bond motifs is 3. The van der Waals surface area contributed by atoms with Crippen LogP contribution in [0.4, 0.5) is 17.1 Å². The molecule has 12 rings (SSSR count). The van der Waals surface area contributed by atoms with Crippen LogP contribution in [0.1, 0.15) is 0 Å². The second-order valence-electron chi connectivity index (χ2n) is 17.2. The molecule has 0 aliphatic rings. The van der Waals surface area contributed by atoms with E-state index in [0.717, 1.165) is 66.8 Å². The van der Waals surface area contributed by atoms with Crippen LogP contribution in [0.25, 0.3) is 99.8 Å². The number of benzene rings is 11. The van der Waals surface area contributed by atoms with E-state index in [-0.39, 0.29) is 0 Å². The molecule has 0 amide bonds. The Morgan fingerprint density at radius 3 is 1.18 bits per heavy atom. The highest BCUT2D eigenvalue weighted by molar-refractivity contribution is 6.06. The van der Waals surface area contributed by atoms with Gasteiger partial charge in [-0.2, -0.15) is 0 Å². The van der Waals surface area contributed by atoms with Crippen molar-refractivity contribution >= 4 is 39.0 Å². The fourth-order valence-corrected chi connectivity index (χ4v) is 9.76. The lowest BCUT2D eigenvalue weighted by Crippen LogP contribution is -2.11. The molecule has 12 aromatic rings. The van der Waals surface area contributed by atoms with E-state index >= 15 is 0 Å². The van der Waals surface area contributed by atoms with Gasteiger partial charge in [0.1, 0.15) is 11.2 Å². The van der Waals surface area contributed by atoms with Gasteiger partial charge in [0.15, 0.2) is 0 Å². The molecule has 0 saturated carbocycles. The number of rotatable bonds is 10. The fourth-order valence-electron chi connectivity index (χ4n) is 9.76. The topological polar surface area (TPSA) is 16.4 Å². The molecule has 0 spiro atoms. The summed E-state index contributed by atoms with van der Waals surface area (Å²) in [6, 6.07) is 98.2. The Kier molecular flexibility index (Phi) is 10.6. The molecule has 0 atom stereocenters. The van der Waals surface area contributed by atoms with Gasteiger partial charge in [-0.05, 0) is 139 Å². The lowest BCUT2D eigenvalue weighted by molar-refractivity contribution is 0.669. The number of anilines is 3. The zero-order valence-corrected chi connectivity index (χ0v) is 37.3. The van der Waals surface area contributed by atoms with E-state index in [2.05, 4.69) is 266 Å². The molecule has 320 valence electrons. The van der Waals surface area contributed by atoms with Crippen LogP contribution in [-0.4, -0.2) is 0 Å². The normalized spacial score (nSPS) is 11.2. The van der Waals surface area contributed by atoms with Gasteiger partial charge in [0.2, 0.25) is 0 Å². The van der Waals surface area contributed by atoms with Crippen molar-refractivity contribution in [1.29, 1.82) is 0 Å². The maximum Gasteiger partial charge on any atom is 0.136 e. The minimum atomic E-state index is 0.890. The number of hydrogen-bond acceptors (Lipinski definition) is 2. The molecule has 2 nitrogen and oxygen atoms in total. The average Bonchev–Trinajstić information content (AvgIpc) is 3.80. The Balaban J connectivity index is 0.990. The lowest BCUT2D eigenvalue weighted by atomic mass is 9.88. The van der Waals surface area contributed by atoms with E-state index in [1.807, 2.05) is 12.1 Å². The molecule has 2 heteroatoms. The number of nitrogens with zero attached hydrogens (tertiary/aromatic N) is 1. The van der Waals surface area contributed by atoms with Crippen molar-refractivity contribution in [3.05, 3.63) is 273 Å². The Morgan fingerprint density at radius 1 is 0.221 bits per heavy atom. The van der Waals surface area contributed by atoms with Crippen LogP contribution in [0.3, 0.4) is 0 Å². The standard InChI is InChI=1S/C66H45NO/c1-4-18-46(19-5-1)52-42-53(47-20-6-2-7-21-47)44-54(43-52)49-34-39-56(40-35-49)67(55-37-32-48(33-38-55)51-36-41-63-62-29-15-17-31-65(62)68-66(63)45-51)64-30-16-14-28-61(64)60-27-13-12-26-59(60)58-25-11-10-24-57(58)50-22-8-3-9-23-50/h1-45H. The Labute approximate surface area is 397 Å². The predicted octanol–water partition coefficient (Wildman–Crippen LogP) is 18.7. The first-order valence-corrected chi connectivity index (χ1v) is 23.2. The predicted molar refractivity (Wildman–Crippen MR) is 286 cm³/mol. The molecule has 0 saturated heterocycles. The zero-order valence-electron chi connectivity index (χ0n) is 37.3. The van der Waals surface area contributed by atoms with Crippen molar-refractivity contribution in [3.63, 3.8) is 0 Å². The number of hydrogen-bond donors (Lipinski definition) is 0. The van der Waals surface area contributed by atoms with E-state index in [4.69, 9.17) is 4.42 Å².